The minimum atomic E-state index is -0.439. The first-order chi connectivity index (χ1) is 8.29. The van der Waals surface area contributed by atoms with Gasteiger partial charge in [-0.1, -0.05) is 6.08 Å². The number of hydrogen-bond acceptors (Lipinski definition) is 4. The van der Waals surface area contributed by atoms with Crippen molar-refractivity contribution in [3.05, 3.63) is 12.7 Å². The molecule has 17 heavy (non-hydrogen) atoms. The molecular weight excluding hydrogens is 220 g/mol. The third kappa shape index (κ3) is 4.55. The third-order valence-corrected chi connectivity index (χ3v) is 2.51. The number of nitrogens with zero attached hydrogens (tertiary/aromatic N) is 2. The Kier molecular flexibility index (Phi) is 6.30. The van der Waals surface area contributed by atoms with Crippen molar-refractivity contribution < 1.29 is 14.3 Å². The molecule has 5 heteroatoms. The first-order valence-corrected chi connectivity index (χ1v) is 5.75. The zero-order valence-electron chi connectivity index (χ0n) is 9.93. The van der Waals surface area contributed by atoms with Gasteiger partial charge in [0.1, 0.15) is 6.04 Å². The number of hydrogen-bond donors (Lipinski definition) is 0. The third-order valence-electron chi connectivity index (χ3n) is 2.51. The summed E-state index contributed by atoms with van der Waals surface area (Å²) in [5, 5.41) is 8.89. The van der Waals surface area contributed by atoms with Crippen LogP contribution >= 0.6 is 0 Å². The highest BCUT2D eigenvalue weighted by molar-refractivity contribution is 5.77. The lowest BCUT2D eigenvalue weighted by Gasteiger charge is -2.31. The average Bonchev–Trinajstić information content (AvgIpc) is 2.38. The number of rotatable bonds is 6. The van der Waals surface area contributed by atoms with Crippen molar-refractivity contribution in [1.82, 2.24) is 4.90 Å². The van der Waals surface area contributed by atoms with E-state index in [2.05, 4.69) is 12.6 Å². The molecule has 0 saturated carbocycles. The zero-order chi connectivity index (χ0) is 12.5. The normalized spacial score (nSPS) is 19.7. The average molecular weight is 238 g/mol. The highest BCUT2D eigenvalue weighted by Gasteiger charge is 2.26. The fourth-order valence-corrected chi connectivity index (χ4v) is 1.64. The summed E-state index contributed by atoms with van der Waals surface area (Å²) < 4.78 is 10.4. The first-order valence-electron chi connectivity index (χ1n) is 5.75. The fourth-order valence-electron chi connectivity index (χ4n) is 1.64. The summed E-state index contributed by atoms with van der Waals surface area (Å²) in [5.74, 6) is 0.00190. The Morgan fingerprint density at radius 2 is 2.53 bits per heavy atom. The van der Waals surface area contributed by atoms with Crippen molar-refractivity contribution in [3.8, 4) is 6.07 Å². The summed E-state index contributed by atoms with van der Waals surface area (Å²) in [7, 11) is 0. The van der Waals surface area contributed by atoms with Gasteiger partial charge in [-0.15, -0.1) is 6.58 Å². The Balaban J connectivity index is 2.26. The van der Waals surface area contributed by atoms with Crippen LogP contribution in [-0.4, -0.2) is 49.8 Å². The van der Waals surface area contributed by atoms with Gasteiger partial charge in [0, 0.05) is 19.6 Å². The Bertz CT molecular complexity index is 299. The van der Waals surface area contributed by atoms with Crippen LogP contribution in [0.5, 0.6) is 0 Å². The topological polar surface area (TPSA) is 62.6 Å². The second kappa shape index (κ2) is 7.82. The van der Waals surface area contributed by atoms with E-state index in [0.717, 1.165) is 0 Å². The van der Waals surface area contributed by atoms with Crippen LogP contribution in [0.3, 0.4) is 0 Å². The summed E-state index contributed by atoms with van der Waals surface area (Å²) in [6, 6.07) is 1.64. The molecule has 1 rings (SSSR count). The minimum Gasteiger partial charge on any atom is -0.377 e. The number of morpholine rings is 1. The van der Waals surface area contributed by atoms with E-state index >= 15 is 0 Å². The Labute approximate surface area is 102 Å². The van der Waals surface area contributed by atoms with Crippen molar-refractivity contribution in [2.75, 3.05) is 33.0 Å². The minimum absolute atomic E-state index is 0.00190. The van der Waals surface area contributed by atoms with Crippen LogP contribution < -0.4 is 0 Å². The Morgan fingerprint density at radius 1 is 1.71 bits per heavy atom. The van der Waals surface area contributed by atoms with Crippen LogP contribution in [0.25, 0.3) is 0 Å². The lowest BCUT2D eigenvalue weighted by atomic mass is 10.2. The predicted molar refractivity (Wildman–Crippen MR) is 62.2 cm³/mol. The van der Waals surface area contributed by atoms with Gasteiger partial charge in [-0.05, 0) is 6.42 Å². The van der Waals surface area contributed by atoms with Crippen molar-refractivity contribution in [3.63, 3.8) is 0 Å². The molecule has 1 saturated heterocycles. The van der Waals surface area contributed by atoms with Gasteiger partial charge in [-0.25, -0.2) is 0 Å². The van der Waals surface area contributed by atoms with E-state index < -0.39 is 6.04 Å². The molecule has 1 heterocycles. The number of ether oxygens (including phenoxy) is 2. The van der Waals surface area contributed by atoms with E-state index in [9.17, 15) is 4.79 Å². The summed E-state index contributed by atoms with van der Waals surface area (Å²) in [6.45, 7) is 5.92. The first kappa shape index (κ1) is 13.7. The maximum absolute atomic E-state index is 11.8. The molecule has 0 N–H and O–H groups in total. The van der Waals surface area contributed by atoms with E-state index in [1.54, 1.807) is 11.0 Å². The standard InChI is InChI=1S/C12H18N2O3/c1-2-6-16-7-3-4-12(15)14-5-8-17-10-11(14)9-13/h2,11H,1,3-8,10H2/t11-/m1/s1. The van der Waals surface area contributed by atoms with Gasteiger partial charge >= 0.3 is 0 Å². The smallest absolute Gasteiger partial charge is 0.223 e. The van der Waals surface area contributed by atoms with E-state index in [1.165, 1.54) is 0 Å². The zero-order valence-corrected chi connectivity index (χ0v) is 9.93. The molecule has 0 radical (unpaired) electrons. The SMILES string of the molecule is C=CCOCCCC(=O)N1CCOC[C@H]1C#N. The van der Waals surface area contributed by atoms with Crippen LogP contribution in [0.2, 0.25) is 0 Å². The van der Waals surface area contributed by atoms with Crippen LogP contribution in [0.1, 0.15) is 12.8 Å². The van der Waals surface area contributed by atoms with Gasteiger partial charge in [-0.3, -0.25) is 4.79 Å². The van der Waals surface area contributed by atoms with E-state index in [4.69, 9.17) is 14.7 Å². The highest BCUT2D eigenvalue weighted by Crippen LogP contribution is 2.09. The van der Waals surface area contributed by atoms with Gasteiger partial charge in [0.15, 0.2) is 0 Å². The molecule has 94 valence electrons. The largest absolute Gasteiger partial charge is 0.377 e. The molecule has 0 aromatic heterocycles. The lowest BCUT2D eigenvalue weighted by molar-refractivity contribution is -0.138. The highest BCUT2D eigenvalue weighted by atomic mass is 16.5. The molecule has 5 nitrogen and oxygen atoms in total. The van der Waals surface area contributed by atoms with Gasteiger partial charge in [0.05, 0.1) is 25.9 Å². The van der Waals surface area contributed by atoms with Crippen molar-refractivity contribution in [1.29, 1.82) is 5.26 Å². The van der Waals surface area contributed by atoms with E-state index in [0.29, 0.717) is 45.8 Å². The molecule has 0 aliphatic carbocycles. The maximum atomic E-state index is 11.8. The molecule has 0 unspecified atom stereocenters. The Morgan fingerprint density at radius 3 is 3.24 bits per heavy atom. The van der Waals surface area contributed by atoms with Gasteiger partial charge < -0.3 is 14.4 Å². The summed E-state index contributed by atoms with van der Waals surface area (Å²) in [5.41, 5.74) is 0. The lowest BCUT2D eigenvalue weighted by Crippen LogP contribution is -2.47. The monoisotopic (exact) mass is 238 g/mol. The van der Waals surface area contributed by atoms with Gasteiger partial charge in [0.25, 0.3) is 0 Å². The molecule has 1 aliphatic heterocycles. The van der Waals surface area contributed by atoms with Crippen LogP contribution in [-0.2, 0) is 14.3 Å². The van der Waals surface area contributed by atoms with E-state index in [1.807, 2.05) is 0 Å². The molecule has 0 aromatic rings. The van der Waals surface area contributed by atoms with Crippen LogP contribution in [0.4, 0.5) is 0 Å². The molecule has 0 aromatic carbocycles. The Hall–Kier alpha value is -1.38. The fraction of sp³-hybridized carbons (Fsp3) is 0.667. The summed E-state index contributed by atoms with van der Waals surface area (Å²) in [4.78, 5) is 13.4. The molecule has 1 atom stereocenters. The molecule has 1 amide bonds. The van der Waals surface area contributed by atoms with Crippen LogP contribution in [0.15, 0.2) is 12.7 Å². The number of carbonyl (C=O) groups is 1. The quantitative estimate of drug-likeness (QED) is 0.505. The molecule has 1 fully saturated rings. The summed E-state index contributed by atoms with van der Waals surface area (Å²) in [6.07, 6.45) is 2.76. The maximum Gasteiger partial charge on any atom is 0.223 e. The second-order valence-corrected chi connectivity index (χ2v) is 3.77. The van der Waals surface area contributed by atoms with Gasteiger partial charge in [0.2, 0.25) is 5.91 Å². The summed E-state index contributed by atoms with van der Waals surface area (Å²) >= 11 is 0. The number of amides is 1. The van der Waals surface area contributed by atoms with Crippen LogP contribution in [0, 0.1) is 11.3 Å². The van der Waals surface area contributed by atoms with Crippen molar-refractivity contribution in [2.45, 2.75) is 18.9 Å². The molecule has 0 spiro atoms. The number of carbonyl (C=O) groups excluding carboxylic acids is 1. The molecule has 0 bridgehead atoms. The second-order valence-electron chi connectivity index (χ2n) is 3.77. The van der Waals surface area contributed by atoms with Crippen molar-refractivity contribution in [2.24, 2.45) is 0 Å². The number of nitriles is 1. The van der Waals surface area contributed by atoms with Crippen molar-refractivity contribution >= 4 is 5.91 Å². The predicted octanol–water partition coefficient (Wildman–Crippen LogP) is 0.720. The molecular formula is C12H18N2O3. The van der Waals surface area contributed by atoms with E-state index in [-0.39, 0.29) is 5.91 Å². The molecule has 1 aliphatic rings. The van der Waals surface area contributed by atoms with Gasteiger partial charge in [-0.2, -0.15) is 5.26 Å².